The highest BCUT2D eigenvalue weighted by Gasteiger charge is 2.36. The first-order valence-electron chi connectivity index (χ1n) is 5.70. The largest absolute Gasteiger partial charge is 0.385 e. The van der Waals surface area contributed by atoms with Gasteiger partial charge in [0.05, 0.1) is 10.1 Å². The Balaban J connectivity index is 2.38. The van der Waals surface area contributed by atoms with E-state index in [1.165, 1.54) is 0 Å². The van der Waals surface area contributed by atoms with Crippen LogP contribution in [0.1, 0.15) is 38.2 Å². The van der Waals surface area contributed by atoms with Gasteiger partial charge in [0.2, 0.25) is 0 Å². The zero-order valence-electron chi connectivity index (χ0n) is 9.34. The molecule has 2 rings (SSSR count). The highest BCUT2D eigenvalue weighted by molar-refractivity contribution is 9.10. The first-order valence-corrected chi connectivity index (χ1v) is 6.49. The van der Waals surface area contributed by atoms with Crippen molar-refractivity contribution in [1.82, 2.24) is 0 Å². The summed E-state index contributed by atoms with van der Waals surface area (Å²) in [5, 5.41) is 10.6. The first-order chi connectivity index (χ1) is 7.53. The molecule has 0 amide bonds. The van der Waals surface area contributed by atoms with Crippen LogP contribution in [0.5, 0.6) is 0 Å². The molecule has 1 aromatic rings. The van der Waals surface area contributed by atoms with Crippen LogP contribution in [0.25, 0.3) is 0 Å². The Morgan fingerprint density at radius 2 is 2.25 bits per heavy atom. The van der Waals surface area contributed by atoms with Gasteiger partial charge in [-0.1, -0.05) is 25.5 Å². The zero-order chi connectivity index (χ0) is 11.8. The summed E-state index contributed by atoms with van der Waals surface area (Å²) in [4.78, 5) is 0. The molecule has 1 N–H and O–H groups in total. The predicted octanol–water partition coefficient (Wildman–Crippen LogP) is 3.99. The average molecular weight is 287 g/mol. The molecule has 0 radical (unpaired) electrons. The molecule has 2 unspecified atom stereocenters. The van der Waals surface area contributed by atoms with Crippen LogP contribution < -0.4 is 0 Å². The highest BCUT2D eigenvalue weighted by Crippen LogP contribution is 2.41. The van der Waals surface area contributed by atoms with Crippen molar-refractivity contribution in [1.29, 1.82) is 0 Å². The summed E-state index contributed by atoms with van der Waals surface area (Å²) in [7, 11) is 0. The highest BCUT2D eigenvalue weighted by atomic mass is 79.9. The molecule has 2 atom stereocenters. The van der Waals surface area contributed by atoms with Gasteiger partial charge in [-0.2, -0.15) is 0 Å². The fraction of sp³-hybridized carbons (Fsp3) is 0.538. The lowest BCUT2D eigenvalue weighted by atomic mass is 9.75. The normalized spacial score (nSPS) is 30.4. The zero-order valence-corrected chi connectivity index (χ0v) is 10.9. The van der Waals surface area contributed by atoms with Gasteiger partial charge >= 0.3 is 0 Å². The summed E-state index contributed by atoms with van der Waals surface area (Å²) in [6.45, 7) is 2.11. The van der Waals surface area contributed by atoms with Gasteiger partial charge in [0.25, 0.3) is 0 Å². The van der Waals surface area contributed by atoms with Crippen molar-refractivity contribution in [3.8, 4) is 0 Å². The number of benzene rings is 1. The van der Waals surface area contributed by atoms with Crippen molar-refractivity contribution < 1.29 is 9.50 Å². The van der Waals surface area contributed by atoms with Crippen LogP contribution in [0, 0.1) is 11.7 Å². The summed E-state index contributed by atoms with van der Waals surface area (Å²) in [5.74, 6) is 0.135. The smallest absolute Gasteiger partial charge is 0.143 e. The summed E-state index contributed by atoms with van der Waals surface area (Å²) in [5.41, 5.74) is -0.542. The van der Waals surface area contributed by atoms with Gasteiger partial charge in [-0.25, -0.2) is 4.39 Å². The van der Waals surface area contributed by atoms with Crippen LogP contribution >= 0.6 is 15.9 Å². The lowest BCUT2D eigenvalue weighted by Crippen LogP contribution is -2.32. The minimum Gasteiger partial charge on any atom is -0.385 e. The van der Waals surface area contributed by atoms with E-state index in [9.17, 15) is 9.50 Å². The predicted molar refractivity (Wildman–Crippen MR) is 65.6 cm³/mol. The van der Waals surface area contributed by atoms with E-state index in [0.29, 0.717) is 28.8 Å². The molecular weight excluding hydrogens is 271 g/mol. The Hall–Kier alpha value is -0.410. The van der Waals surface area contributed by atoms with Crippen LogP contribution in [-0.4, -0.2) is 5.11 Å². The van der Waals surface area contributed by atoms with Gasteiger partial charge in [0.1, 0.15) is 5.82 Å². The number of rotatable bonds is 1. The van der Waals surface area contributed by atoms with Gasteiger partial charge < -0.3 is 5.11 Å². The Bertz CT molecular complexity index is 394. The Morgan fingerprint density at radius 3 is 2.94 bits per heavy atom. The van der Waals surface area contributed by atoms with Crippen molar-refractivity contribution in [2.24, 2.45) is 5.92 Å². The lowest BCUT2D eigenvalue weighted by molar-refractivity contribution is -0.0208. The maximum Gasteiger partial charge on any atom is 0.143 e. The summed E-state index contributed by atoms with van der Waals surface area (Å²) in [6.07, 6.45) is 3.40. The minimum atomic E-state index is -0.981. The Morgan fingerprint density at radius 1 is 1.50 bits per heavy atom. The molecule has 1 saturated carbocycles. The lowest BCUT2D eigenvalue weighted by Gasteiger charge is -2.36. The number of halogens is 2. The SMILES string of the molecule is CC1CCCC(O)(c2cccc(Br)c2F)C1. The Kier molecular flexibility index (Phi) is 3.36. The molecule has 0 heterocycles. The van der Waals surface area contributed by atoms with Crippen LogP contribution in [-0.2, 0) is 5.60 Å². The third kappa shape index (κ3) is 2.16. The molecule has 0 aliphatic heterocycles. The topological polar surface area (TPSA) is 20.2 Å². The molecule has 0 spiro atoms. The van der Waals surface area contributed by atoms with Crippen molar-refractivity contribution >= 4 is 15.9 Å². The van der Waals surface area contributed by atoms with Gasteiger partial charge in [0, 0.05) is 5.56 Å². The van der Waals surface area contributed by atoms with E-state index >= 15 is 0 Å². The fourth-order valence-corrected chi connectivity index (χ4v) is 3.00. The van der Waals surface area contributed by atoms with E-state index in [2.05, 4.69) is 22.9 Å². The summed E-state index contributed by atoms with van der Waals surface area (Å²) >= 11 is 3.17. The van der Waals surface area contributed by atoms with Crippen LogP contribution in [0.3, 0.4) is 0 Å². The van der Waals surface area contributed by atoms with E-state index in [0.717, 1.165) is 12.8 Å². The second kappa shape index (κ2) is 4.46. The van der Waals surface area contributed by atoms with Gasteiger partial charge in [0.15, 0.2) is 0 Å². The molecule has 0 bridgehead atoms. The van der Waals surface area contributed by atoms with E-state index < -0.39 is 5.60 Å². The average Bonchev–Trinajstić information content (AvgIpc) is 2.21. The minimum absolute atomic E-state index is 0.320. The van der Waals surface area contributed by atoms with Gasteiger partial charge in [-0.3, -0.25) is 0 Å². The molecule has 1 fully saturated rings. The molecule has 1 aromatic carbocycles. The first kappa shape index (κ1) is 12.1. The number of aliphatic hydroxyl groups is 1. The molecule has 16 heavy (non-hydrogen) atoms. The molecule has 0 saturated heterocycles. The monoisotopic (exact) mass is 286 g/mol. The van der Waals surface area contributed by atoms with Crippen molar-refractivity contribution in [2.75, 3.05) is 0 Å². The third-order valence-corrected chi connectivity index (χ3v) is 4.04. The van der Waals surface area contributed by atoms with Crippen molar-refractivity contribution in [3.63, 3.8) is 0 Å². The standard InChI is InChI=1S/C13H16BrFO/c1-9-4-3-7-13(16,8-9)10-5-2-6-11(14)12(10)15/h2,5-6,9,16H,3-4,7-8H2,1H3. The van der Waals surface area contributed by atoms with Crippen LogP contribution in [0.15, 0.2) is 22.7 Å². The molecule has 0 aromatic heterocycles. The molecular formula is C13H16BrFO. The Labute approximate surface area is 104 Å². The quantitative estimate of drug-likeness (QED) is 0.828. The van der Waals surface area contributed by atoms with Gasteiger partial charge in [-0.15, -0.1) is 0 Å². The number of hydrogen-bond donors (Lipinski definition) is 1. The number of hydrogen-bond acceptors (Lipinski definition) is 1. The summed E-state index contributed by atoms with van der Waals surface area (Å²) in [6, 6.07) is 5.13. The molecule has 1 aliphatic rings. The molecule has 3 heteroatoms. The molecule has 1 aliphatic carbocycles. The summed E-state index contributed by atoms with van der Waals surface area (Å²) < 4.78 is 14.4. The van der Waals surface area contributed by atoms with E-state index in [-0.39, 0.29) is 5.82 Å². The van der Waals surface area contributed by atoms with Crippen molar-refractivity contribution in [3.05, 3.63) is 34.1 Å². The fourth-order valence-electron chi connectivity index (χ4n) is 2.63. The molecule has 1 nitrogen and oxygen atoms in total. The maximum absolute atomic E-state index is 14.0. The van der Waals surface area contributed by atoms with Crippen molar-refractivity contribution in [2.45, 2.75) is 38.2 Å². The van der Waals surface area contributed by atoms with E-state index in [1.807, 2.05) is 0 Å². The van der Waals surface area contributed by atoms with Crippen LogP contribution in [0.4, 0.5) is 4.39 Å². The second-order valence-electron chi connectivity index (χ2n) is 4.83. The molecule has 88 valence electrons. The maximum atomic E-state index is 14.0. The van der Waals surface area contributed by atoms with Crippen LogP contribution in [0.2, 0.25) is 0 Å². The second-order valence-corrected chi connectivity index (χ2v) is 5.69. The van der Waals surface area contributed by atoms with E-state index in [1.54, 1.807) is 18.2 Å². The third-order valence-electron chi connectivity index (χ3n) is 3.43. The van der Waals surface area contributed by atoms with E-state index in [4.69, 9.17) is 0 Å². The van der Waals surface area contributed by atoms with Gasteiger partial charge in [-0.05, 0) is 47.2 Å².